The lowest BCUT2D eigenvalue weighted by molar-refractivity contribution is -0.0799. The van der Waals surface area contributed by atoms with Gasteiger partial charge in [-0.05, 0) is 17.7 Å². The van der Waals surface area contributed by atoms with Gasteiger partial charge < -0.3 is 25.1 Å². The largest absolute Gasteiger partial charge is 0.486 e. The van der Waals surface area contributed by atoms with Gasteiger partial charge in [-0.1, -0.05) is 6.07 Å². The molecule has 2 heterocycles. The Morgan fingerprint density at radius 3 is 2.56 bits per heavy atom. The van der Waals surface area contributed by atoms with Gasteiger partial charge in [0.15, 0.2) is 11.5 Å². The summed E-state index contributed by atoms with van der Waals surface area (Å²) in [6.07, 6.45) is 0. The van der Waals surface area contributed by atoms with E-state index in [9.17, 15) is 5.11 Å². The summed E-state index contributed by atoms with van der Waals surface area (Å²) < 4.78 is 16.4. The Hall–Kier alpha value is -1.30. The molecule has 3 N–H and O–H groups in total. The van der Waals surface area contributed by atoms with E-state index in [1.54, 1.807) is 0 Å². The highest BCUT2D eigenvalue weighted by atomic mass is 16.6. The second-order valence-corrected chi connectivity index (χ2v) is 4.80. The first-order chi connectivity index (χ1) is 8.76. The molecular weight excluding hydrogens is 234 g/mol. The van der Waals surface area contributed by atoms with Gasteiger partial charge in [-0.2, -0.15) is 0 Å². The van der Waals surface area contributed by atoms with Crippen molar-refractivity contribution in [3.8, 4) is 11.5 Å². The predicted octanol–water partition coefficient (Wildman–Crippen LogP) is 0.0454. The molecule has 0 spiro atoms. The number of hydrogen-bond donors (Lipinski definition) is 2. The van der Waals surface area contributed by atoms with Crippen LogP contribution in [-0.4, -0.2) is 44.2 Å². The summed E-state index contributed by atoms with van der Waals surface area (Å²) >= 11 is 0. The monoisotopic (exact) mass is 251 g/mol. The molecule has 1 unspecified atom stereocenters. The number of aliphatic hydroxyl groups excluding tert-OH is 1. The van der Waals surface area contributed by atoms with Crippen molar-refractivity contribution in [2.45, 2.75) is 11.5 Å². The summed E-state index contributed by atoms with van der Waals surface area (Å²) in [5, 5.41) is 9.30. The molecule has 0 aliphatic carbocycles. The Morgan fingerprint density at radius 2 is 1.94 bits per heavy atom. The highest BCUT2D eigenvalue weighted by molar-refractivity contribution is 5.47. The first-order valence-corrected chi connectivity index (χ1v) is 6.10. The second kappa shape index (κ2) is 4.42. The molecule has 0 amide bonds. The normalized spacial score (nSPS) is 22.1. The molecule has 0 aromatic heterocycles. The number of fused-ring (bicyclic) bond motifs is 1. The average molecular weight is 251 g/mol. The summed E-state index contributed by atoms with van der Waals surface area (Å²) in [7, 11) is 0. The van der Waals surface area contributed by atoms with Crippen LogP contribution in [-0.2, 0) is 10.2 Å². The molecule has 0 saturated carbocycles. The third-order valence-corrected chi connectivity index (χ3v) is 3.74. The Labute approximate surface area is 105 Å². The van der Waals surface area contributed by atoms with Gasteiger partial charge in [0.25, 0.3) is 0 Å². The Morgan fingerprint density at radius 1 is 1.22 bits per heavy atom. The summed E-state index contributed by atoms with van der Waals surface area (Å²) in [5.74, 6) is 1.51. The van der Waals surface area contributed by atoms with Gasteiger partial charge in [0.2, 0.25) is 0 Å². The van der Waals surface area contributed by atoms with Crippen LogP contribution in [0.15, 0.2) is 18.2 Å². The highest BCUT2D eigenvalue weighted by Crippen LogP contribution is 2.40. The number of benzene rings is 1. The van der Waals surface area contributed by atoms with E-state index in [0.717, 1.165) is 17.1 Å². The minimum Gasteiger partial charge on any atom is -0.486 e. The van der Waals surface area contributed by atoms with Crippen LogP contribution >= 0.6 is 0 Å². The van der Waals surface area contributed by atoms with Crippen molar-refractivity contribution >= 4 is 0 Å². The molecule has 3 rings (SSSR count). The SMILES string of the molecule is NC(CO)C1(c2ccc3c(c2)OCCO3)COC1. The maximum absolute atomic E-state index is 9.30. The van der Waals surface area contributed by atoms with Crippen LogP contribution in [0.1, 0.15) is 5.56 Å². The number of nitrogens with two attached hydrogens (primary N) is 1. The summed E-state index contributed by atoms with van der Waals surface area (Å²) in [5.41, 5.74) is 6.76. The first-order valence-electron chi connectivity index (χ1n) is 6.10. The Bertz CT molecular complexity index is 445. The van der Waals surface area contributed by atoms with Gasteiger partial charge in [-0.15, -0.1) is 0 Å². The van der Waals surface area contributed by atoms with E-state index in [2.05, 4.69) is 0 Å². The number of rotatable bonds is 3. The van der Waals surface area contributed by atoms with E-state index in [-0.39, 0.29) is 18.1 Å². The van der Waals surface area contributed by atoms with Crippen LogP contribution in [0.4, 0.5) is 0 Å². The lowest BCUT2D eigenvalue weighted by Crippen LogP contribution is -2.60. The fourth-order valence-electron chi connectivity index (χ4n) is 2.44. The zero-order valence-electron chi connectivity index (χ0n) is 10.1. The average Bonchev–Trinajstić information content (AvgIpc) is 2.37. The van der Waals surface area contributed by atoms with Crippen molar-refractivity contribution in [3.05, 3.63) is 23.8 Å². The lowest BCUT2D eigenvalue weighted by Gasteiger charge is -2.45. The van der Waals surface area contributed by atoms with E-state index in [1.165, 1.54) is 0 Å². The van der Waals surface area contributed by atoms with E-state index in [0.29, 0.717) is 26.4 Å². The Kier molecular flexibility index (Phi) is 2.89. The predicted molar refractivity (Wildman–Crippen MR) is 65.0 cm³/mol. The van der Waals surface area contributed by atoms with Gasteiger partial charge in [0.1, 0.15) is 13.2 Å². The van der Waals surface area contributed by atoms with Gasteiger partial charge in [0.05, 0.1) is 25.2 Å². The van der Waals surface area contributed by atoms with Crippen LogP contribution in [0.25, 0.3) is 0 Å². The third-order valence-electron chi connectivity index (χ3n) is 3.74. The molecule has 0 bridgehead atoms. The minimum absolute atomic E-state index is 0.0577. The van der Waals surface area contributed by atoms with Crippen LogP contribution in [0.2, 0.25) is 0 Å². The number of ether oxygens (including phenoxy) is 3. The highest BCUT2D eigenvalue weighted by Gasteiger charge is 2.45. The van der Waals surface area contributed by atoms with E-state index < -0.39 is 0 Å². The molecule has 5 heteroatoms. The van der Waals surface area contributed by atoms with Gasteiger partial charge in [-0.3, -0.25) is 0 Å². The van der Waals surface area contributed by atoms with Crippen molar-refractivity contribution in [1.82, 2.24) is 0 Å². The van der Waals surface area contributed by atoms with Crippen molar-refractivity contribution in [2.75, 3.05) is 33.0 Å². The van der Waals surface area contributed by atoms with Crippen molar-refractivity contribution < 1.29 is 19.3 Å². The third kappa shape index (κ3) is 1.67. The smallest absolute Gasteiger partial charge is 0.161 e. The second-order valence-electron chi connectivity index (χ2n) is 4.80. The molecule has 1 fully saturated rings. The topological polar surface area (TPSA) is 73.9 Å². The molecule has 98 valence electrons. The standard InChI is InChI=1S/C13H17NO4/c14-12(6-15)13(7-16-8-13)9-1-2-10-11(5-9)18-4-3-17-10/h1-2,5,12,15H,3-4,6-8,14H2. The first kappa shape index (κ1) is 11.8. The molecular formula is C13H17NO4. The Balaban J connectivity index is 1.96. The molecule has 1 saturated heterocycles. The van der Waals surface area contributed by atoms with Crippen LogP contribution < -0.4 is 15.2 Å². The maximum atomic E-state index is 9.30. The van der Waals surface area contributed by atoms with E-state index in [1.807, 2.05) is 18.2 Å². The molecule has 5 nitrogen and oxygen atoms in total. The quantitative estimate of drug-likeness (QED) is 0.793. The lowest BCUT2D eigenvalue weighted by atomic mass is 9.73. The van der Waals surface area contributed by atoms with Crippen LogP contribution in [0, 0.1) is 0 Å². The molecule has 2 aliphatic heterocycles. The van der Waals surface area contributed by atoms with Crippen LogP contribution in [0.5, 0.6) is 11.5 Å². The van der Waals surface area contributed by atoms with E-state index >= 15 is 0 Å². The van der Waals surface area contributed by atoms with Gasteiger partial charge in [-0.25, -0.2) is 0 Å². The molecule has 1 atom stereocenters. The summed E-state index contributed by atoms with van der Waals surface area (Å²) in [4.78, 5) is 0. The number of aliphatic hydroxyl groups is 1. The van der Waals surface area contributed by atoms with Crippen molar-refractivity contribution in [3.63, 3.8) is 0 Å². The fourth-order valence-corrected chi connectivity index (χ4v) is 2.44. The molecule has 1 aromatic carbocycles. The van der Waals surface area contributed by atoms with Crippen molar-refractivity contribution in [1.29, 1.82) is 0 Å². The molecule has 1 aromatic rings. The summed E-state index contributed by atoms with van der Waals surface area (Å²) in [6, 6.07) is 5.50. The minimum atomic E-state index is -0.325. The zero-order chi connectivity index (χ0) is 12.6. The van der Waals surface area contributed by atoms with Crippen molar-refractivity contribution in [2.24, 2.45) is 5.73 Å². The van der Waals surface area contributed by atoms with Crippen LogP contribution in [0.3, 0.4) is 0 Å². The van der Waals surface area contributed by atoms with Gasteiger partial charge in [0, 0.05) is 6.04 Å². The summed E-state index contributed by atoms with van der Waals surface area (Å²) in [6.45, 7) is 2.16. The molecule has 18 heavy (non-hydrogen) atoms. The van der Waals surface area contributed by atoms with Gasteiger partial charge >= 0.3 is 0 Å². The maximum Gasteiger partial charge on any atom is 0.161 e. The fraction of sp³-hybridized carbons (Fsp3) is 0.538. The molecule has 2 aliphatic rings. The number of hydrogen-bond acceptors (Lipinski definition) is 5. The van der Waals surface area contributed by atoms with E-state index in [4.69, 9.17) is 19.9 Å². The molecule has 0 radical (unpaired) electrons. The zero-order valence-corrected chi connectivity index (χ0v) is 10.1.